The van der Waals surface area contributed by atoms with Gasteiger partial charge in [0.1, 0.15) is 23.6 Å². The van der Waals surface area contributed by atoms with Gasteiger partial charge in [0, 0.05) is 18.7 Å². The van der Waals surface area contributed by atoms with Crippen molar-refractivity contribution in [3.8, 4) is 0 Å². The lowest BCUT2D eigenvalue weighted by molar-refractivity contribution is 0.445. The number of aromatic nitrogens is 3. The summed E-state index contributed by atoms with van der Waals surface area (Å²) in [4.78, 5) is 8.91. The molecule has 0 unspecified atom stereocenters. The van der Waals surface area contributed by atoms with Crippen LogP contribution in [-0.4, -0.2) is 20.4 Å². The Hall–Kier alpha value is -1.52. The largest absolute Gasteiger partial charge is 0.444 e. The molecule has 0 aliphatic rings. The molecule has 3 aromatic rings. The normalized spacial score (nSPS) is 11.4. The second-order valence-corrected chi connectivity index (χ2v) is 5.52. The van der Waals surface area contributed by atoms with Gasteiger partial charge in [-0.05, 0) is 12.1 Å². The van der Waals surface area contributed by atoms with Crippen LogP contribution in [0.4, 0.5) is 0 Å². The third-order valence-electron chi connectivity index (χ3n) is 3.37. The number of hydrogen-bond donors (Lipinski definition) is 0. The zero-order chi connectivity index (χ0) is 14.8. The Labute approximate surface area is 132 Å². The van der Waals surface area contributed by atoms with Gasteiger partial charge in [-0.1, -0.05) is 24.6 Å². The second kappa shape index (κ2) is 6.08. The van der Waals surface area contributed by atoms with Crippen molar-refractivity contribution < 1.29 is 4.42 Å². The smallest absolute Gasteiger partial charge is 0.214 e. The third-order valence-corrected chi connectivity index (χ3v) is 3.86. The van der Waals surface area contributed by atoms with Gasteiger partial charge in [0.25, 0.3) is 0 Å². The summed E-state index contributed by atoms with van der Waals surface area (Å²) < 4.78 is 7.76. The number of halogens is 2. The minimum atomic E-state index is 0.507. The SMILES string of the molecule is CCc1cnc(Cn2c(CCCl)nc3c(Cl)cccc32)o1. The van der Waals surface area contributed by atoms with Crippen molar-refractivity contribution in [1.29, 1.82) is 0 Å². The number of para-hydroxylation sites is 1. The molecular weight excluding hydrogens is 309 g/mol. The molecule has 3 rings (SSSR count). The first-order valence-corrected chi connectivity index (χ1v) is 7.77. The number of fused-ring (bicyclic) bond motifs is 1. The number of alkyl halides is 1. The molecule has 6 heteroatoms. The highest BCUT2D eigenvalue weighted by Gasteiger charge is 2.14. The van der Waals surface area contributed by atoms with E-state index in [2.05, 4.69) is 14.5 Å². The Kier molecular flexibility index (Phi) is 4.17. The first-order valence-electron chi connectivity index (χ1n) is 6.86. The monoisotopic (exact) mass is 323 g/mol. The zero-order valence-corrected chi connectivity index (χ0v) is 13.2. The van der Waals surface area contributed by atoms with Crippen LogP contribution in [0.5, 0.6) is 0 Å². The van der Waals surface area contributed by atoms with E-state index in [4.69, 9.17) is 27.6 Å². The zero-order valence-electron chi connectivity index (χ0n) is 11.6. The number of benzene rings is 1. The molecule has 0 fully saturated rings. The van der Waals surface area contributed by atoms with E-state index >= 15 is 0 Å². The summed E-state index contributed by atoms with van der Waals surface area (Å²) in [6.45, 7) is 2.57. The summed E-state index contributed by atoms with van der Waals surface area (Å²) >= 11 is 12.1. The molecule has 0 saturated carbocycles. The van der Waals surface area contributed by atoms with Crippen molar-refractivity contribution in [2.45, 2.75) is 26.3 Å². The summed E-state index contributed by atoms with van der Waals surface area (Å²) in [7, 11) is 0. The fourth-order valence-electron chi connectivity index (χ4n) is 2.33. The fraction of sp³-hybridized carbons (Fsp3) is 0.333. The fourth-order valence-corrected chi connectivity index (χ4v) is 2.71. The molecule has 0 spiro atoms. The van der Waals surface area contributed by atoms with Gasteiger partial charge in [0.2, 0.25) is 5.89 Å². The Morgan fingerprint density at radius 2 is 2.19 bits per heavy atom. The van der Waals surface area contributed by atoms with Crippen LogP contribution in [0.1, 0.15) is 24.4 Å². The molecule has 2 heterocycles. The summed E-state index contributed by atoms with van der Waals surface area (Å²) in [5, 5.41) is 0.642. The molecule has 4 nitrogen and oxygen atoms in total. The first kappa shape index (κ1) is 14.4. The molecule has 0 N–H and O–H groups in total. The number of hydrogen-bond acceptors (Lipinski definition) is 3. The van der Waals surface area contributed by atoms with E-state index in [0.29, 0.717) is 29.8 Å². The lowest BCUT2D eigenvalue weighted by Crippen LogP contribution is -2.06. The maximum atomic E-state index is 6.22. The van der Waals surface area contributed by atoms with Gasteiger partial charge >= 0.3 is 0 Å². The second-order valence-electron chi connectivity index (χ2n) is 4.73. The van der Waals surface area contributed by atoms with Crippen molar-refractivity contribution in [3.05, 3.63) is 46.9 Å². The van der Waals surface area contributed by atoms with Gasteiger partial charge < -0.3 is 8.98 Å². The highest BCUT2D eigenvalue weighted by atomic mass is 35.5. The molecule has 0 atom stereocenters. The minimum absolute atomic E-state index is 0.507. The van der Waals surface area contributed by atoms with Gasteiger partial charge in [-0.3, -0.25) is 0 Å². The molecule has 1 aromatic carbocycles. The van der Waals surface area contributed by atoms with Crippen LogP contribution in [0, 0.1) is 0 Å². The molecule has 0 radical (unpaired) electrons. The Morgan fingerprint density at radius 3 is 2.90 bits per heavy atom. The summed E-state index contributed by atoms with van der Waals surface area (Å²) in [5.74, 6) is 2.95. The Balaban J connectivity index is 2.06. The van der Waals surface area contributed by atoms with Gasteiger partial charge in [-0.2, -0.15) is 0 Å². The predicted octanol–water partition coefficient (Wildman–Crippen LogP) is 4.07. The van der Waals surface area contributed by atoms with E-state index in [9.17, 15) is 0 Å². The van der Waals surface area contributed by atoms with E-state index < -0.39 is 0 Å². The van der Waals surface area contributed by atoms with E-state index in [1.807, 2.05) is 25.1 Å². The van der Waals surface area contributed by atoms with Gasteiger partial charge in [0.15, 0.2) is 0 Å². The van der Waals surface area contributed by atoms with Crippen LogP contribution in [0.3, 0.4) is 0 Å². The van der Waals surface area contributed by atoms with Crippen molar-refractivity contribution in [1.82, 2.24) is 14.5 Å². The molecule has 0 saturated heterocycles. The average Bonchev–Trinajstić information content (AvgIpc) is 3.07. The maximum Gasteiger partial charge on any atom is 0.214 e. The average molecular weight is 324 g/mol. The van der Waals surface area contributed by atoms with Crippen molar-refractivity contribution >= 4 is 34.2 Å². The summed E-state index contributed by atoms with van der Waals surface area (Å²) in [6, 6.07) is 5.75. The molecule has 0 bridgehead atoms. The van der Waals surface area contributed by atoms with Crippen LogP contribution in [-0.2, 0) is 19.4 Å². The molecule has 21 heavy (non-hydrogen) atoms. The standard InChI is InChI=1S/C15H15Cl2N3O/c1-2-10-8-18-14(21-10)9-20-12-5-3-4-11(17)15(12)19-13(20)6-7-16/h3-5,8H,2,6-7,9H2,1H3. The summed E-state index contributed by atoms with van der Waals surface area (Å²) in [5.41, 5.74) is 1.76. The van der Waals surface area contributed by atoms with Gasteiger partial charge in [0.05, 0.1) is 16.7 Å². The minimum Gasteiger partial charge on any atom is -0.444 e. The van der Waals surface area contributed by atoms with Crippen LogP contribution in [0.15, 0.2) is 28.8 Å². The summed E-state index contributed by atoms with van der Waals surface area (Å²) in [6.07, 6.45) is 3.27. The Bertz CT molecular complexity index is 763. The third kappa shape index (κ3) is 2.78. The predicted molar refractivity (Wildman–Crippen MR) is 84.2 cm³/mol. The van der Waals surface area contributed by atoms with E-state index in [1.165, 1.54) is 0 Å². The van der Waals surface area contributed by atoms with E-state index in [-0.39, 0.29) is 0 Å². The van der Waals surface area contributed by atoms with Crippen LogP contribution in [0.25, 0.3) is 11.0 Å². The van der Waals surface area contributed by atoms with Crippen molar-refractivity contribution in [3.63, 3.8) is 0 Å². The number of rotatable bonds is 5. The molecule has 110 valence electrons. The topological polar surface area (TPSA) is 43.9 Å². The highest BCUT2D eigenvalue weighted by Crippen LogP contribution is 2.25. The maximum absolute atomic E-state index is 6.22. The van der Waals surface area contributed by atoms with Crippen molar-refractivity contribution in [2.75, 3.05) is 5.88 Å². The molecule has 0 aliphatic carbocycles. The number of oxazole rings is 1. The molecular formula is C15H15Cl2N3O. The number of aryl methyl sites for hydroxylation is 2. The van der Waals surface area contributed by atoms with Crippen LogP contribution in [0.2, 0.25) is 5.02 Å². The molecule has 2 aromatic heterocycles. The highest BCUT2D eigenvalue weighted by molar-refractivity contribution is 6.34. The van der Waals surface area contributed by atoms with Crippen LogP contribution < -0.4 is 0 Å². The Morgan fingerprint density at radius 1 is 1.33 bits per heavy atom. The van der Waals surface area contributed by atoms with Gasteiger partial charge in [-0.25, -0.2) is 9.97 Å². The number of nitrogens with zero attached hydrogens (tertiary/aromatic N) is 3. The lowest BCUT2D eigenvalue weighted by Gasteiger charge is -2.05. The molecule has 0 amide bonds. The first-order chi connectivity index (χ1) is 10.2. The molecule has 0 aliphatic heterocycles. The van der Waals surface area contributed by atoms with Crippen LogP contribution >= 0.6 is 23.2 Å². The lowest BCUT2D eigenvalue weighted by atomic mass is 10.3. The van der Waals surface area contributed by atoms with Gasteiger partial charge in [-0.15, -0.1) is 11.6 Å². The van der Waals surface area contributed by atoms with E-state index in [1.54, 1.807) is 6.20 Å². The quantitative estimate of drug-likeness (QED) is 0.665. The van der Waals surface area contributed by atoms with Crippen molar-refractivity contribution in [2.24, 2.45) is 0 Å². The van der Waals surface area contributed by atoms with E-state index in [0.717, 1.165) is 29.0 Å². The number of imidazole rings is 1.